The molecule has 21 heavy (non-hydrogen) atoms. The molecule has 1 amide bonds. The third kappa shape index (κ3) is 3.22. The third-order valence-electron chi connectivity index (χ3n) is 4.55. The third-order valence-corrected chi connectivity index (χ3v) is 5.85. The Balaban J connectivity index is 0.00000161. The second-order valence-corrected chi connectivity index (χ2v) is 7.81. The Morgan fingerprint density at radius 1 is 1.38 bits per heavy atom. The van der Waals surface area contributed by atoms with Crippen molar-refractivity contribution in [2.24, 2.45) is 11.1 Å². The molecular weight excluding hydrogens is 304 g/mol. The lowest BCUT2D eigenvalue weighted by molar-refractivity contribution is -0.133. The van der Waals surface area contributed by atoms with Crippen molar-refractivity contribution in [3.8, 4) is 0 Å². The molecule has 0 aliphatic carbocycles. The molecule has 2 atom stereocenters. The minimum atomic E-state index is 0. The minimum Gasteiger partial charge on any atom is -0.341 e. The number of nitrogens with zero attached hydrogens (tertiary/aromatic N) is 1. The van der Waals surface area contributed by atoms with Crippen LogP contribution in [0.5, 0.6) is 0 Å². The van der Waals surface area contributed by atoms with Crippen molar-refractivity contribution in [1.82, 2.24) is 4.90 Å². The molecule has 2 unspecified atom stereocenters. The molecule has 3 nitrogen and oxygen atoms in total. The molecule has 0 bridgehead atoms. The number of carbonyl (C=O) groups is 1. The molecule has 1 saturated heterocycles. The normalized spacial score (nSPS) is 26.9. The number of likely N-dealkylation sites (tertiary alicyclic amines) is 1. The monoisotopic (exact) mass is 326 g/mol. The minimum absolute atomic E-state index is 0. The van der Waals surface area contributed by atoms with Crippen molar-refractivity contribution in [3.05, 3.63) is 29.8 Å². The molecule has 1 aromatic rings. The van der Waals surface area contributed by atoms with Gasteiger partial charge in [-0.1, -0.05) is 32.0 Å². The molecule has 0 saturated carbocycles. The van der Waals surface area contributed by atoms with Crippen molar-refractivity contribution >= 4 is 30.1 Å². The van der Waals surface area contributed by atoms with Gasteiger partial charge in [0.05, 0.1) is 5.25 Å². The summed E-state index contributed by atoms with van der Waals surface area (Å²) in [7, 11) is 0. The van der Waals surface area contributed by atoms with Crippen molar-refractivity contribution in [2.75, 3.05) is 13.1 Å². The van der Waals surface area contributed by atoms with E-state index in [0.717, 1.165) is 25.9 Å². The van der Waals surface area contributed by atoms with Crippen molar-refractivity contribution < 1.29 is 4.79 Å². The highest BCUT2D eigenvalue weighted by Crippen LogP contribution is 2.38. The highest BCUT2D eigenvalue weighted by atomic mass is 35.5. The molecule has 2 heterocycles. The van der Waals surface area contributed by atoms with E-state index in [1.807, 2.05) is 11.0 Å². The molecule has 1 fully saturated rings. The van der Waals surface area contributed by atoms with Crippen LogP contribution in [0.3, 0.4) is 0 Å². The first-order valence-corrected chi connectivity index (χ1v) is 8.14. The number of rotatable bonds is 1. The highest BCUT2D eigenvalue weighted by Gasteiger charge is 2.38. The largest absolute Gasteiger partial charge is 0.341 e. The first kappa shape index (κ1) is 16.7. The Hall–Kier alpha value is -0.710. The van der Waals surface area contributed by atoms with Crippen molar-refractivity contribution in [2.45, 2.75) is 42.9 Å². The molecule has 5 heteroatoms. The summed E-state index contributed by atoms with van der Waals surface area (Å²) in [4.78, 5) is 16.0. The van der Waals surface area contributed by atoms with Crippen LogP contribution in [0, 0.1) is 5.41 Å². The van der Waals surface area contributed by atoms with E-state index < -0.39 is 0 Å². The van der Waals surface area contributed by atoms with Gasteiger partial charge in [0.15, 0.2) is 0 Å². The van der Waals surface area contributed by atoms with Crippen LogP contribution in [0.15, 0.2) is 29.2 Å². The van der Waals surface area contributed by atoms with Crippen LogP contribution < -0.4 is 5.73 Å². The standard InChI is InChI=1S/C16H22N2OS.ClH/c1-16(2)10-18(8-7-14(16)17)15(19)13-9-11-5-3-4-6-12(11)20-13;/h3-6,13-14H,7-10,17H2,1-2H3;1H. The van der Waals surface area contributed by atoms with Crippen LogP contribution in [-0.4, -0.2) is 35.2 Å². The van der Waals surface area contributed by atoms with Gasteiger partial charge < -0.3 is 10.6 Å². The van der Waals surface area contributed by atoms with Crippen LogP contribution in [-0.2, 0) is 11.2 Å². The quantitative estimate of drug-likeness (QED) is 0.863. The molecule has 1 aromatic carbocycles. The second-order valence-electron chi connectivity index (χ2n) is 6.56. The number of hydrogen-bond acceptors (Lipinski definition) is 3. The number of piperidine rings is 1. The Kier molecular flexibility index (Phi) is 4.91. The van der Waals surface area contributed by atoms with E-state index in [4.69, 9.17) is 5.73 Å². The molecule has 116 valence electrons. The molecule has 2 N–H and O–H groups in total. The lowest BCUT2D eigenvalue weighted by Gasteiger charge is -2.43. The fourth-order valence-electron chi connectivity index (χ4n) is 3.09. The number of thioether (sulfide) groups is 1. The van der Waals surface area contributed by atoms with Crippen molar-refractivity contribution in [1.29, 1.82) is 0 Å². The highest BCUT2D eigenvalue weighted by molar-refractivity contribution is 8.01. The smallest absolute Gasteiger partial charge is 0.236 e. The number of fused-ring (bicyclic) bond motifs is 1. The van der Waals surface area contributed by atoms with Gasteiger partial charge in [0.1, 0.15) is 0 Å². The summed E-state index contributed by atoms with van der Waals surface area (Å²) in [5.74, 6) is 0.283. The Bertz CT molecular complexity index is 510. The van der Waals surface area contributed by atoms with Crippen molar-refractivity contribution in [3.63, 3.8) is 0 Å². The van der Waals surface area contributed by atoms with Gasteiger partial charge in [0.2, 0.25) is 5.91 Å². The van der Waals surface area contributed by atoms with E-state index in [-0.39, 0.29) is 35.0 Å². The van der Waals surface area contributed by atoms with Gasteiger partial charge in [-0.05, 0) is 29.9 Å². The molecule has 0 radical (unpaired) electrons. The summed E-state index contributed by atoms with van der Waals surface area (Å²) in [5, 5.41) is 0.0533. The maximum atomic E-state index is 12.7. The fourth-order valence-corrected chi connectivity index (χ4v) is 4.36. The zero-order chi connectivity index (χ0) is 14.3. The number of halogens is 1. The van der Waals surface area contributed by atoms with Crippen LogP contribution in [0.1, 0.15) is 25.8 Å². The summed E-state index contributed by atoms with van der Waals surface area (Å²) in [6, 6.07) is 8.53. The Morgan fingerprint density at radius 3 is 2.76 bits per heavy atom. The average molecular weight is 327 g/mol. The fraction of sp³-hybridized carbons (Fsp3) is 0.562. The number of amides is 1. The maximum absolute atomic E-state index is 12.7. The van der Waals surface area contributed by atoms with Gasteiger partial charge in [-0.15, -0.1) is 24.2 Å². The van der Waals surface area contributed by atoms with E-state index in [1.54, 1.807) is 11.8 Å². The zero-order valence-electron chi connectivity index (χ0n) is 12.5. The molecule has 0 aromatic heterocycles. The topological polar surface area (TPSA) is 46.3 Å². The molecule has 3 rings (SSSR count). The number of carbonyl (C=O) groups excluding carboxylic acids is 1. The van der Waals surface area contributed by atoms with Crippen LogP contribution in [0.4, 0.5) is 0 Å². The summed E-state index contributed by atoms with van der Waals surface area (Å²) < 4.78 is 0. The number of nitrogens with two attached hydrogens (primary N) is 1. The van der Waals surface area contributed by atoms with E-state index >= 15 is 0 Å². The zero-order valence-corrected chi connectivity index (χ0v) is 14.2. The number of hydrogen-bond donors (Lipinski definition) is 1. The molecule has 0 spiro atoms. The average Bonchev–Trinajstić information content (AvgIpc) is 2.84. The van der Waals surface area contributed by atoms with Crippen LogP contribution >= 0.6 is 24.2 Å². The Labute approximate surface area is 137 Å². The second kappa shape index (κ2) is 6.19. The predicted molar refractivity (Wildman–Crippen MR) is 90.0 cm³/mol. The van der Waals surface area contributed by atoms with Gasteiger partial charge in [0, 0.05) is 24.0 Å². The van der Waals surface area contributed by atoms with E-state index in [1.165, 1.54) is 10.5 Å². The number of benzene rings is 1. The van der Waals surface area contributed by atoms with E-state index in [9.17, 15) is 4.79 Å². The van der Waals surface area contributed by atoms with E-state index in [2.05, 4.69) is 32.0 Å². The van der Waals surface area contributed by atoms with E-state index in [0.29, 0.717) is 0 Å². The summed E-state index contributed by atoms with van der Waals surface area (Å²) >= 11 is 1.72. The lowest BCUT2D eigenvalue weighted by atomic mass is 9.79. The van der Waals surface area contributed by atoms with Crippen LogP contribution in [0.2, 0.25) is 0 Å². The molecule has 2 aliphatic rings. The van der Waals surface area contributed by atoms with Crippen LogP contribution in [0.25, 0.3) is 0 Å². The first-order chi connectivity index (χ1) is 9.47. The molecule has 2 aliphatic heterocycles. The maximum Gasteiger partial charge on any atom is 0.236 e. The van der Waals surface area contributed by atoms with Gasteiger partial charge >= 0.3 is 0 Å². The molecular formula is C16H23ClN2OS. The van der Waals surface area contributed by atoms with Gasteiger partial charge in [-0.3, -0.25) is 4.79 Å². The summed E-state index contributed by atoms with van der Waals surface area (Å²) in [6.07, 6.45) is 1.77. The lowest BCUT2D eigenvalue weighted by Crippen LogP contribution is -2.55. The van der Waals surface area contributed by atoms with Gasteiger partial charge in [-0.25, -0.2) is 0 Å². The van der Waals surface area contributed by atoms with Gasteiger partial charge in [0.25, 0.3) is 0 Å². The summed E-state index contributed by atoms with van der Waals surface area (Å²) in [6.45, 7) is 5.90. The predicted octanol–water partition coefficient (Wildman–Crippen LogP) is 2.71. The Morgan fingerprint density at radius 2 is 2.10 bits per heavy atom. The first-order valence-electron chi connectivity index (χ1n) is 7.26. The van der Waals surface area contributed by atoms with Gasteiger partial charge in [-0.2, -0.15) is 0 Å². The summed E-state index contributed by atoms with van der Waals surface area (Å²) in [5.41, 5.74) is 7.48. The SMILES string of the molecule is CC1(C)CN(C(=O)C2Cc3ccccc3S2)CCC1N.Cl.